The van der Waals surface area contributed by atoms with Gasteiger partial charge in [-0.1, -0.05) is 17.7 Å². The molecular weight excluding hydrogens is 312 g/mol. The molecule has 2 N–H and O–H groups in total. The van der Waals surface area contributed by atoms with Crippen LogP contribution < -0.4 is 10.6 Å². The minimum Gasteiger partial charge on any atom is -0.370 e. The van der Waals surface area contributed by atoms with E-state index in [-0.39, 0.29) is 5.91 Å². The Morgan fingerprint density at radius 2 is 1.80 bits per heavy atom. The molecule has 0 aliphatic carbocycles. The number of pyridine rings is 1. The minimum atomic E-state index is -0.137. The van der Waals surface area contributed by atoms with Crippen molar-refractivity contribution in [1.82, 2.24) is 9.88 Å². The molecule has 0 atom stereocenters. The number of carbonyl (C=O) groups excluding carboxylic acids is 1. The Bertz CT molecular complexity index is 700. The number of rotatable bonds is 7. The summed E-state index contributed by atoms with van der Waals surface area (Å²) in [5.41, 5.74) is 4.76. The third kappa shape index (κ3) is 5.57. The summed E-state index contributed by atoms with van der Waals surface area (Å²) in [5, 5.41) is 6.27. The van der Waals surface area contributed by atoms with Gasteiger partial charge in [0.25, 0.3) is 5.91 Å². The molecule has 0 fully saturated rings. The van der Waals surface area contributed by atoms with Crippen LogP contribution in [0.3, 0.4) is 0 Å². The molecule has 0 bridgehead atoms. The number of anilines is 2. The molecule has 1 aromatic heterocycles. The average molecular weight is 340 g/mol. The monoisotopic (exact) mass is 340 g/mol. The Kier molecular flexibility index (Phi) is 6.53. The molecule has 0 radical (unpaired) electrons. The van der Waals surface area contributed by atoms with Crippen LogP contribution in [0.2, 0.25) is 0 Å². The quantitative estimate of drug-likeness (QED) is 0.756. The smallest absolute Gasteiger partial charge is 0.257 e. The fourth-order valence-corrected chi connectivity index (χ4v) is 2.81. The number of hydrogen-bond acceptors (Lipinski definition) is 4. The molecule has 2 rings (SSSR count). The average Bonchev–Trinajstić information content (AvgIpc) is 2.55. The number of benzene rings is 1. The summed E-state index contributed by atoms with van der Waals surface area (Å²) in [5.74, 6) is 0.653. The molecule has 0 unspecified atom stereocenters. The number of nitrogens with zero attached hydrogens (tertiary/aromatic N) is 2. The van der Waals surface area contributed by atoms with Crippen molar-refractivity contribution in [1.29, 1.82) is 0 Å². The highest BCUT2D eigenvalue weighted by Crippen LogP contribution is 2.22. The Morgan fingerprint density at radius 3 is 2.36 bits per heavy atom. The van der Waals surface area contributed by atoms with Crippen molar-refractivity contribution >= 4 is 17.4 Å². The van der Waals surface area contributed by atoms with E-state index in [1.165, 1.54) is 5.56 Å². The lowest BCUT2D eigenvalue weighted by Gasteiger charge is -2.13. The zero-order valence-electron chi connectivity index (χ0n) is 15.8. The number of hydrogen-bond donors (Lipinski definition) is 2. The van der Waals surface area contributed by atoms with Gasteiger partial charge in [-0.2, -0.15) is 0 Å². The van der Waals surface area contributed by atoms with E-state index in [2.05, 4.69) is 53.7 Å². The first-order valence-electron chi connectivity index (χ1n) is 8.60. The zero-order valence-corrected chi connectivity index (χ0v) is 15.8. The number of aryl methyl sites for hydroxylation is 3. The van der Waals surface area contributed by atoms with E-state index in [0.29, 0.717) is 5.56 Å². The van der Waals surface area contributed by atoms with Crippen molar-refractivity contribution < 1.29 is 4.79 Å². The predicted molar refractivity (Wildman–Crippen MR) is 105 cm³/mol. The maximum Gasteiger partial charge on any atom is 0.257 e. The van der Waals surface area contributed by atoms with Gasteiger partial charge >= 0.3 is 0 Å². The van der Waals surface area contributed by atoms with Gasteiger partial charge in [-0.3, -0.25) is 4.79 Å². The van der Waals surface area contributed by atoms with Crippen LogP contribution in [0.15, 0.2) is 30.5 Å². The molecule has 1 amide bonds. The highest BCUT2D eigenvalue weighted by atomic mass is 16.1. The van der Waals surface area contributed by atoms with Gasteiger partial charge in [-0.15, -0.1) is 0 Å². The SMILES string of the molecule is Cc1cc(C)c(NC(=O)c2ccc(NCCCN(C)C)nc2)c(C)c1. The minimum absolute atomic E-state index is 0.137. The number of amides is 1. The van der Waals surface area contributed by atoms with Crippen molar-refractivity contribution in [3.8, 4) is 0 Å². The molecule has 134 valence electrons. The fourth-order valence-electron chi connectivity index (χ4n) is 2.81. The number of carbonyl (C=O) groups is 1. The van der Waals surface area contributed by atoms with Crippen molar-refractivity contribution in [3.05, 3.63) is 52.7 Å². The summed E-state index contributed by atoms with van der Waals surface area (Å²) in [6.45, 7) is 7.96. The van der Waals surface area contributed by atoms with Crippen molar-refractivity contribution in [2.45, 2.75) is 27.2 Å². The molecule has 1 heterocycles. The van der Waals surface area contributed by atoms with Crippen LogP contribution in [0, 0.1) is 20.8 Å². The lowest BCUT2D eigenvalue weighted by Crippen LogP contribution is -2.17. The maximum atomic E-state index is 12.5. The second kappa shape index (κ2) is 8.62. The number of aromatic nitrogens is 1. The van der Waals surface area contributed by atoms with Crippen molar-refractivity contribution in [2.24, 2.45) is 0 Å². The molecule has 5 heteroatoms. The molecule has 2 aromatic rings. The van der Waals surface area contributed by atoms with Gasteiger partial charge in [0.2, 0.25) is 0 Å². The highest BCUT2D eigenvalue weighted by Gasteiger charge is 2.11. The summed E-state index contributed by atoms with van der Waals surface area (Å²) >= 11 is 0. The fraction of sp³-hybridized carbons (Fsp3) is 0.400. The molecule has 0 aliphatic heterocycles. The van der Waals surface area contributed by atoms with E-state index >= 15 is 0 Å². The van der Waals surface area contributed by atoms with E-state index < -0.39 is 0 Å². The van der Waals surface area contributed by atoms with E-state index in [1.807, 2.05) is 19.9 Å². The van der Waals surface area contributed by atoms with Crippen molar-refractivity contribution in [3.63, 3.8) is 0 Å². The molecule has 1 aromatic carbocycles. The largest absolute Gasteiger partial charge is 0.370 e. The molecule has 0 spiro atoms. The summed E-state index contributed by atoms with van der Waals surface area (Å²) in [6, 6.07) is 7.79. The third-order valence-corrected chi connectivity index (χ3v) is 4.03. The van der Waals surface area contributed by atoms with Crippen LogP contribution in [0.25, 0.3) is 0 Å². The van der Waals surface area contributed by atoms with Crippen molar-refractivity contribution in [2.75, 3.05) is 37.8 Å². The Morgan fingerprint density at radius 1 is 1.12 bits per heavy atom. The van der Waals surface area contributed by atoms with Crippen LogP contribution in [-0.2, 0) is 0 Å². The van der Waals surface area contributed by atoms with Gasteiger partial charge in [0.05, 0.1) is 5.56 Å². The normalized spacial score (nSPS) is 10.8. The summed E-state index contributed by atoms with van der Waals surface area (Å²) in [6.07, 6.45) is 2.66. The van der Waals surface area contributed by atoms with Crippen LogP contribution in [0.4, 0.5) is 11.5 Å². The van der Waals surface area contributed by atoms with E-state index in [1.54, 1.807) is 12.3 Å². The summed E-state index contributed by atoms with van der Waals surface area (Å²) < 4.78 is 0. The first-order chi connectivity index (χ1) is 11.9. The zero-order chi connectivity index (χ0) is 18.4. The van der Waals surface area contributed by atoms with Crippen LogP contribution in [-0.4, -0.2) is 43.0 Å². The van der Waals surface area contributed by atoms with Crippen LogP contribution in [0.5, 0.6) is 0 Å². The molecule has 5 nitrogen and oxygen atoms in total. The van der Waals surface area contributed by atoms with E-state index in [9.17, 15) is 4.79 Å². The summed E-state index contributed by atoms with van der Waals surface area (Å²) in [7, 11) is 4.12. The number of nitrogens with one attached hydrogen (secondary N) is 2. The lowest BCUT2D eigenvalue weighted by molar-refractivity contribution is 0.102. The Hall–Kier alpha value is -2.40. The molecule has 25 heavy (non-hydrogen) atoms. The van der Waals surface area contributed by atoms with Crippen LogP contribution in [0.1, 0.15) is 33.5 Å². The molecule has 0 aliphatic rings. The van der Waals surface area contributed by atoms with E-state index in [4.69, 9.17) is 0 Å². The molecule has 0 saturated carbocycles. The maximum absolute atomic E-state index is 12.5. The van der Waals surface area contributed by atoms with Gasteiger partial charge in [0.1, 0.15) is 5.82 Å². The van der Waals surface area contributed by atoms with Gasteiger partial charge in [0.15, 0.2) is 0 Å². The van der Waals surface area contributed by atoms with E-state index in [0.717, 1.165) is 42.1 Å². The third-order valence-electron chi connectivity index (χ3n) is 4.03. The standard InChI is InChI=1S/C20H28N4O/c1-14-11-15(2)19(16(3)12-14)23-20(25)17-7-8-18(22-13-17)21-9-6-10-24(4)5/h7-8,11-13H,6,9-10H2,1-5H3,(H,21,22)(H,23,25). The van der Waals surface area contributed by atoms with Gasteiger partial charge in [-0.05, 0) is 71.1 Å². The Balaban J connectivity index is 1.97. The lowest BCUT2D eigenvalue weighted by atomic mass is 10.0. The first-order valence-corrected chi connectivity index (χ1v) is 8.60. The van der Waals surface area contributed by atoms with Gasteiger partial charge in [-0.25, -0.2) is 4.98 Å². The first kappa shape index (κ1) is 18.9. The second-order valence-electron chi connectivity index (χ2n) is 6.74. The summed E-state index contributed by atoms with van der Waals surface area (Å²) in [4.78, 5) is 19.0. The Labute approximate surface area is 150 Å². The molecule has 0 saturated heterocycles. The van der Waals surface area contributed by atoms with Crippen LogP contribution >= 0.6 is 0 Å². The highest BCUT2D eigenvalue weighted by molar-refractivity contribution is 6.05. The molecular formula is C20H28N4O. The van der Waals surface area contributed by atoms with Gasteiger partial charge < -0.3 is 15.5 Å². The van der Waals surface area contributed by atoms with Gasteiger partial charge in [0, 0.05) is 18.4 Å². The predicted octanol–water partition coefficient (Wildman–Crippen LogP) is 3.62. The second-order valence-corrected chi connectivity index (χ2v) is 6.74. The topological polar surface area (TPSA) is 57.3 Å².